The molecule has 0 fully saturated rings. The van der Waals surface area contributed by atoms with E-state index in [-0.39, 0.29) is 0 Å². The standard InChI is InChI=1S/C12H26N2/c1-5-12(11-14(4)6-2)9-7-8-10-13-3/h5,12-13H,1,6-11H2,2-4H3. The van der Waals surface area contributed by atoms with Crippen LogP contribution in [0.25, 0.3) is 0 Å². The zero-order valence-electron chi connectivity index (χ0n) is 10.1. The molecule has 0 radical (unpaired) electrons. The molecule has 1 N–H and O–H groups in total. The molecule has 0 amide bonds. The smallest absolute Gasteiger partial charge is 0.00411 e. The SMILES string of the molecule is C=CC(CCCCNC)CN(C)CC. The Morgan fingerprint density at radius 3 is 2.64 bits per heavy atom. The number of hydrogen-bond donors (Lipinski definition) is 1. The molecule has 0 heterocycles. The molecule has 0 aromatic carbocycles. The average molecular weight is 198 g/mol. The highest BCUT2D eigenvalue weighted by atomic mass is 15.1. The fourth-order valence-electron chi connectivity index (χ4n) is 1.52. The number of nitrogens with zero attached hydrogens (tertiary/aromatic N) is 1. The second-order valence-electron chi connectivity index (χ2n) is 3.95. The number of nitrogens with one attached hydrogen (secondary N) is 1. The Kier molecular flexibility index (Phi) is 9.00. The first-order valence-electron chi connectivity index (χ1n) is 5.70. The topological polar surface area (TPSA) is 15.3 Å². The van der Waals surface area contributed by atoms with Gasteiger partial charge in [-0.25, -0.2) is 0 Å². The van der Waals surface area contributed by atoms with E-state index < -0.39 is 0 Å². The van der Waals surface area contributed by atoms with Crippen molar-refractivity contribution >= 4 is 0 Å². The maximum absolute atomic E-state index is 3.90. The van der Waals surface area contributed by atoms with Gasteiger partial charge in [-0.1, -0.05) is 19.4 Å². The molecule has 84 valence electrons. The van der Waals surface area contributed by atoms with Crippen LogP contribution in [0.3, 0.4) is 0 Å². The van der Waals surface area contributed by atoms with Crippen LogP contribution in [0.15, 0.2) is 12.7 Å². The van der Waals surface area contributed by atoms with E-state index in [1.54, 1.807) is 0 Å². The molecular weight excluding hydrogens is 172 g/mol. The summed E-state index contributed by atoms with van der Waals surface area (Å²) in [5.74, 6) is 0.664. The normalized spacial score (nSPS) is 13.1. The van der Waals surface area contributed by atoms with Gasteiger partial charge in [-0.05, 0) is 45.9 Å². The van der Waals surface area contributed by atoms with Crippen molar-refractivity contribution in [3.63, 3.8) is 0 Å². The number of rotatable bonds is 9. The van der Waals surface area contributed by atoms with Gasteiger partial charge in [0.15, 0.2) is 0 Å². The minimum atomic E-state index is 0.664. The van der Waals surface area contributed by atoms with E-state index in [2.05, 4.69) is 36.8 Å². The summed E-state index contributed by atoms with van der Waals surface area (Å²) in [4.78, 5) is 2.35. The molecule has 0 aliphatic carbocycles. The van der Waals surface area contributed by atoms with Crippen LogP contribution in [0.4, 0.5) is 0 Å². The van der Waals surface area contributed by atoms with Crippen LogP contribution >= 0.6 is 0 Å². The molecule has 0 aromatic heterocycles. The highest BCUT2D eigenvalue weighted by Gasteiger charge is 2.06. The third kappa shape index (κ3) is 7.10. The van der Waals surface area contributed by atoms with Crippen molar-refractivity contribution in [1.82, 2.24) is 10.2 Å². The molecule has 1 atom stereocenters. The third-order valence-electron chi connectivity index (χ3n) is 2.67. The zero-order chi connectivity index (χ0) is 10.8. The van der Waals surface area contributed by atoms with Gasteiger partial charge in [-0.2, -0.15) is 0 Å². The summed E-state index contributed by atoms with van der Waals surface area (Å²) in [6, 6.07) is 0. The van der Waals surface area contributed by atoms with Crippen LogP contribution in [0.1, 0.15) is 26.2 Å². The highest BCUT2D eigenvalue weighted by Crippen LogP contribution is 2.10. The van der Waals surface area contributed by atoms with Crippen LogP contribution in [0.2, 0.25) is 0 Å². The summed E-state index contributed by atoms with van der Waals surface area (Å²) < 4.78 is 0. The minimum absolute atomic E-state index is 0.664. The van der Waals surface area contributed by atoms with Crippen LogP contribution in [0, 0.1) is 5.92 Å². The van der Waals surface area contributed by atoms with Gasteiger partial charge in [0.05, 0.1) is 0 Å². The quantitative estimate of drug-likeness (QED) is 0.451. The lowest BCUT2D eigenvalue weighted by Crippen LogP contribution is -2.24. The van der Waals surface area contributed by atoms with E-state index in [1.165, 1.54) is 19.3 Å². The first-order valence-corrected chi connectivity index (χ1v) is 5.70. The molecule has 0 saturated carbocycles. The number of hydrogen-bond acceptors (Lipinski definition) is 2. The summed E-state index contributed by atoms with van der Waals surface area (Å²) in [7, 11) is 4.18. The Balaban J connectivity index is 3.52. The summed E-state index contributed by atoms with van der Waals surface area (Å²) in [5, 5.41) is 3.18. The van der Waals surface area contributed by atoms with Crippen molar-refractivity contribution in [1.29, 1.82) is 0 Å². The van der Waals surface area contributed by atoms with Crippen molar-refractivity contribution in [3.05, 3.63) is 12.7 Å². The lowest BCUT2D eigenvalue weighted by atomic mass is 10.0. The van der Waals surface area contributed by atoms with Crippen molar-refractivity contribution in [2.75, 3.05) is 33.7 Å². The summed E-state index contributed by atoms with van der Waals surface area (Å²) in [6.45, 7) is 9.51. The van der Waals surface area contributed by atoms with E-state index in [4.69, 9.17) is 0 Å². The molecule has 14 heavy (non-hydrogen) atoms. The summed E-state index contributed by atoms with van der Waals surface area (Å²) in [5.41, 5.74) is 0. The molecule has 0 aromatic rings. The molecule has 0 aliphatic rings. The van der Waals surface area contributed by atoms with Crippen molar-refractivity contribution in [2.45, 2.75) is 26.2 Å². The minimum Gasteiger partial charge on any atom is -0.320 e. The zero-order valence-corrected chi connectivity index (χ0v) is 10.1. The summed E-state index contributed by atoms with van der Waals surface area (Å²) in [6.07, 6.45) is 5.95. The number of unbranched alkanes of at least 4 members (excludes halogenated alkanes) is 1. The van der Waals surface area contributed by atoms with E-state index in [0.717, 1.165) is 19.6 Å². The lowest BCUT2D eigenvalue weighted by Gasteiger charge is -2.20. The Morgan fingerprint density at radius 2 is 2.14 bits per heavy atom. The van der Waals surface area contributed by atoms with Crippen LogP contribution in [0.5, 0.6) is 0 Å². The van der Waals surface area contributed by atoms with Crippen LogP contribution in [-0.2, 0) is 0 Å². The van der Waals surface area contributed by atoms with Gasteiger partial charge in [0, 0.05) is 6.54 Å². The van der Waals surface area contributed by atoms with Gasteiger partial charge >= 0.3 is 0 Å². The van der Waals surface area contributed by atoms with Gasteiger partial charge in [0.2, 0.25) is 0 Å². The van der Waals surface area contributed by atoms with Crippen molar-refractivity contribution < 1.29 is 0 Å². The maximum Gasteiger partial charge on any atom is 0.00411 e. The third-order valence-corrected chi connectivity index (χ3v) is 2.67. The van der Waals surface area contributed by atoms with E-state index in [1.807, 2.05) is 7.05 Å². The Bertz CT molecular complexity index is 134. The first-order chi connectivity index (χ1) is 6.74. The molecule has 2 heteroatoms. The Morgan fingerprint density at radius 1 is 1.43 bits per heavy atom. The first kappa shape index (κ1) is 13.7. The van der Waals surface area contributed by atoms with E-state index >= 15 is 0 Å². The molecule has 0 saturated heterocycles. The molecular formula is C12H26N2. The van der Waals surface area contributed by atoms with E-state index in [9.17, 15) is 0 Å². The predicted octanol–water partition coefficient (Wildman–Crippen LogP) is 2.13. The van der Waals surface area contributed by atoms with Gasteiger partial charge in [0.1, 0.15) is 0 Å². The largest absolute Gasteiger partial charge is 0.320 e. The predicted molar refractivity (Wildman–Crippen MR) is 64.6 cm³/mol. The van der Waals surface area contributed by atoms with Crippen molar-refractivity contribution in [3.8, 4) is 0 Å². The Hall–Kier alpha value is -0.340. The lowest BCUT2D eigenvalue weighted by molar-refractivity contribution is 0.303. The Labute approximate surface area is 89.4 Å². The van der Waals surface area contributed by atoms with Crippen molar-refractivity contribution in [2.24, 2.45) is 5.92 Å². The average Bonchev–Trinajstić information content (AvgIpc) is 2.22. The van der Waals surface area contributed by atoms with E-state index in [0.29, 0.717) is 5.92 Å². The molecule has 0 bridgehead atoms. The second kappa shape index (κ2) is 9.22. The highest BCUT2D eigenvalue weighted by molar-refractivity contribution is 4.80. The fraction of sp³-hybridized carbons (Fsp3) is 0.833. The monoisotopic (exact) mass is 198 g/mol. The van der Waals surface area contributed by atoms with Gasteiger partial charge in [0.25, 0.3) is 0 Å². The molecule has 0 rings (SSSR count). The molecule has 1 unspecified atom stereocenters. The maximum atomic E-state index is 3.90. The second-order valence-corrected chi connectivity index (χ2v) is 3.95. The molecule has 0 spiro atoms. The molecule has 0 aliphatic heterocycles. The van der Waals surface area contributed by atoms with Crippen LogP contribution in [-0.4, -0.2) is 38.6 Å². The fourth-order valence-corrected chi connectivity index (χ4v) is 1.52. The van der Waals surface area contributed by atoms with Gasteiger partial charge in [-0.15, -0.1) is 6.58 Å². The summed E-state index contributed by atoms with van der Waals surface area (Å²) >= 11 is 0. The molecule has 2 nitrogen and oxygen atoms in total. The van der Waals surface area contributed by atoms with Gasteiger partial charge < -0.3 is 10.2 Å². The van der Waals surface area contributed by atoms with Crippen LogP contribution < -0.4 is 5.32 Å². The van der Waals surface area contributed by atoms with Gasteiger partial charge in [-0.3, -0.25) is 0 Å².